The normalized spacial score (nSPS) is 13.2. The summed E-state index contributed by atoms with van der Waals surface area (Å²) in [4.78, 5) is 38.0. The maximum atomic E-state index is 13.0. The van der Waals surface area contributed by atoms with Gasteiger partial charge in [0, 0.05) is 12.8 Å². The van der Waals surface area contributed by atoms with Gasteiger partial charge in [-0.25, -0.2) is 4.79 Å². The Labute approximate surface area is 278 Å². The van der Waals surface area contributed by atoms with E-state index in [1.165, 1.54) is 0 Å². The van der Waals surface area contributed by atoms with E-state index >= 15 is 0 Å². The highest BCUT2D eigenvalue weighted by atomic mass is 16.5. The highest BCUT2D eigenvalue weighted by Gasteiger charge is 2.26. The number of esters is 2. The van der Waals surface area contributed by atoms with Gasteiger partial charge in [0.15, 0.2) is 0 Å². The molecule has 0 saturated carbocycles. The third-order valence-corrected chi connectivity index (χ3v) is 6.78. The van der Waals surface area contributed by atoms with Crippen molar-refractivity contribution in [2.24, 2.45) is 11.8 Å². The van der Waals surface area contributed by atoms with Crippen molar-refractivity contribution in [3.63, 3.8) is 0 Å². The van der Waals surface area contributed by atoms with Crippen LogP contribution in [-0.4, -0.2) is 24.3 Å². The van der Waals surface area contributed by atoms with Gasteiger partial charge in [0.05, 0.1) is 12.5 Å². The van der Waals surface area contributed by atoms with Crippen LogP contribution in [0.3, 0.4) is 0 Å². The summed E-state index contributed by atoms with van der Waals surface area (Å²) in [7, 11) is 0. The maximum absolute atomic E-state index is 13.0. The van der Waals surface area contributed by atoms with E-state index in [4.69, 9.17) is 9.47 Å². The molecule has 0 N–H and O–H groups in total. The number of benzene rings is 1. The molecule has 1 aromatic rings. The van der Waals surface area contributed by atoms with E-state index in [0.29, 0.717) is 19.3 Å². The molecule has 0 radical (unpaired) electrons. The van der Waals surface area contributed by atoms with E-state index in [2.05, 4.69) is 85.9 Å². The van der Waals surface area contributed by atoms with Crippen molar-refractivity contribution in [2.45, 2.75) is 98.3 Å². The van der Waals surface area contributed by atoms with Crippen molar-refractivity contribution in [2.75, 3.05) is 6.61 Å². The Hall–Kier alpha value is -3.99. The summed E-state index contributed by atoms with van der Waals surface area (Å²) in [6.45, 7) is 8.11. The number of carbonyl (C=O) groups excluding carboxylic acids is 3. The minimum absolute atomic E-state index is 0.0277. The quantitative estimate of drug-likeness (QED) is 0.0647. The number of rotatable bonds is 24. The predicted molar refractivity (Wildman–Crippen MR) is 192 cm³/mol. The summed E-state index contributed by atoms with van der Waals surface area (Å²) >= 11 is 0. The predicted octanol–water partition coefficient (Wildman–Crippen LogP) is 10.8. The van der Waals surface area contributed by atoms with Crippen LogP contribution in [0.5, 0.6) is 5.75 Å². The second-order valence-electron chi connectivity index (χ2n) is 11.4. The summed E-state index contributed by atoms with van der Waals surface area (Å²) in [5.41, 5.74) is 0.198. The van der Waals surface area contributed by atoms with Crippen LogP contribution < -0.4 is 4.74 Å². The molecule has 1 unspecified atom stereocenters. The number of carbonyl (C=O) groups is 3. The van der Waals surface area contributed by atoms with Crippen molar-refractivity contribution in [1.82, 2.24) is 0 Å². The summed E-state index contributed by atoms with van der Waals surface area (Å²) in [6.07, 6.45) is 38.7. The molecule has 5 heteroatoms. The van der Waals surface area contributed by atoms with Crippen LogP contribution in [0.2, 0.25) is 0 Å². The van der Waals surface area contributed by atoms with Crippen LogP contribution in [0.4, 0.5) is 0 Å². The second kappa shape index (κ2) is 27.3. The van der Waals surface area contributed by atoms with Crippen LogP contribution in [0.25, 0.3) is 0 Å². The Morgan fingerprint density at radius 1 is 0.674 bits per heavy atom. The van der Waals surface area contributed by atoms with E-state index in [-0.39, 0.29) is 36.0 Å². The molecule has 0 amide bonds. The summed E-state index contributed by atoms with van der Waals surface area (Å²) < 4.78 is 10.7. The Morgan fingerprint density at radius 3 is 1.63 bits per heavy atom. The molecule has 0 aliphatic carbocycles. The first-order valence-corrected chi connectivity index (χ1v) is 16.9. The monoisotopic (exact) mass is 628 g/mol. The van der Waals surface area contributed by atoms with Gasteiger partial charge in [-0.1, -0.05) is 118 Å². The minimum atomic E-state index is -0.564. The standard InChI is InChI=1S/C41H56O5/c1-5-7-8-9-10-11-12-13-14-15-16-17-18-19-20-21-22-23-24-25-26-27-30-37(42)34-36(33-35(3)4)40(43)46-39-32-29-28-31-38(39)41(44)45-6-2/h7-8,10-11,13-14,16-17,19-20,22-23,25-26,28-29,31-32,35-36H,5-6,9,12,15,18,21,24,27,30,33-34H2,1-4H3/b8-7-,11-10-,14-13-,17-16-,20-19-,23-22-,26-25-. The summed E-state index contributed by atoms with van der Waals surface area (Å²) in [5.74, 6) is -1.20. The average Bonchev–Trinajstić information content (AvgIpc) is 3.03. The van der Waals surface area contributed by atoms with Crippen LogP contribution >= 0.6 is 0 Å². The zero-order valence-electron chi connectivity index (χ0n) is 28.6. The third kappa shape index (κ3) is 20.9. The van der Waals surface area contributed by atoms with Gasteiger partial charge in [-0.2, -0.15) is 0 Å². The first-order valence-electron chi connectivity index (χ1n) is 16.9. The number of ether oxygens (including phenoxy) is 2. The number of para-hydroxylation sites is 1. The van der Waals surface area contributed by atoms with Gasteiger partial charge in [0.2, 0.25) is 0 Å². The molecular weight excluding hydrogens is 572 g/mol. The molecule has 0 aromatic heterocycles. The van der Waals surface area contributed by atoms with Crippen LogP contribution in [0, 0.1) is 11.8 Å². The molecule has 1 rings (SSSR count). The van der Waals surface area contributed by atoms with Crippen molar-refractivity contribution in [3.8, 4) is 5.75 Å². The van der Waals surface area contributed by atoms with Gasteiger partial charge >= 0.3 is 11.9 Å². The lowest BCUT2D eigenvalue weighted by Crippen LogP contribution is -2.25. The topological polar surface area (TPSA) is 69.7 Å². The molecular formula is C41H56O5. The Kier molecular flexibility index (Phi) is 23.8. The largest absolute Gasteiger partial charge is 0.462 e. The van der Waals surface area contributed by atoms with E-state index in [0.717, 1.165) is 44.9 Å². The fourth-order valence-electron chi connectivity index (χ4n) is 4.49. The summed E-state index contributed by atoms with van der Waals surface area (Å²) in [6, 6.07) is 6.52. The van der Waals surface area contributed by atoms with Crippen LogP contribution in [0.1, 0.15) is 109 Å². The molecule has 0 aliphatic rings. The average molecular weight is 629 g/mol. The van der Waals surface area contributed by atoms with E-state index in [1.54, 1.807) is 31.2 Å². The van der Waals surface area contributed by atoms with Gasteiger partial charge in [0.1, 0.15) is 17.1 Å². The molecule has 5 nitrogen and oxygen atoms in total. The van der Waals surface area contributed by atoms with Gasteiger partial charge in [-0.15, -0.1) is 0 Å². The van der Waals surface area contributed by atoms with Gasteiger partial charge in [-0.3, -0.25) is 9.59 Å². The Morgan fingerprint density at radius 2 is 1.15 bits per heavy atom. The lowest BCUT2D eigenvalue weighted by Gasteiger charge is -2.18. The van der Waals surface area contributed by atoms with Crippen LogP contribution in [-0.2, 0) is 14.3 Å². The van der Waals surface area contributed by atoms with Crippen molar-refractivity contribution in [1.29, 1.82) is 0 Å². The van der Waals surface area contributed by atoms with E-state index < -0.39 is 17.9 Å². The van der Waals surface area contributed by atoms with E-state index in [1.807, 2.05) is 19.9 Å². The molecule has 46 heavy (non-hydrogen) atoms. The fraction of sp³-hybridized carbons (Fsp3) is 0.439. The highest BCUT2D eigenvalue weighted by Crippen LogP contribution is 2.24. The smallest absolute Gasteiger partial charge is 0.341 e. The number of allylic oxidation sites excluding steroid dienone is 14. The first kappa shape index (κ1) is 40.0. The summed E-state index contributed by atoms with van der Waals surface area (Å²) in [5, 5.41) is 0. The molecule has 250 valence electrons. The van der Waals surface area contributed by atoms with Crippen molar-refractivity contribution in [3.05, 3.63) is 115 Å². The lowest BCUT2D eigenvalue weighted by molar-refractivity contribution is -0.141. The molecule has 0 saturated heterocycles. The molecule has 1 atom stereocenters. The van der Waals surface area contributed by atoms with E-state index in [9.17, 15) is 14.4 Å². The minimum Gasteiger partial charge on any atom is -0.462 e. The van der Waals surface area contributed by atoms with Gasteiger partial charge < -0.3 is 9.47 Å². The Bertz CT molecular complexity index is 1210. The number of hydrogen-bond acceptors (Lipinski definition) is 5. The molecule has 0 fully saturated rings. The second-order valence-corrected chi connectivity index (χ2v) is 11.4. The molecule has 0 aliphatic heterocycles. The SMILES string of the molecule is CC/C=C\C/C=C\C/C=C\C/C=C\C/C=C\C/C=C\C/C=C\CCC(=O)CC(CC(C)C)C(=O)Oc1ccccc1C(=O)OCC. The molecule has 0 spiro atoms. The van der Waals surface area contributed by atoms with Gasteiger partial charge in [-0.05, 0) is 82.8 Å². The zero-order chi connectivity index (χ0) is 33.7. The number of Topliss-reactive ketones (excluding diaryl/α,β-unsaturated/α-hetero) is 1. The number of hydrogen-bond donors (Lipinski definition) is 0. The van der Waals surface area contributed by atoms with Crippen molar-refractivity contribution >= 4 is 17.7 Å². The molecule has 0 bridgehead atoms. The van der Waals surface area contributed by atoms with Crippen LogP contribution in [0.15, 0.2) is 109 Å². The lowest BCUT2D eigenvalue weighted by atomic mass is 9.91. The zero-order valence-corrected chi connectivity index (χ0v) is 28.6. The molecule has 1 aromatic carbocycles. The van der Waals surface area contributed by atoms with Gasteiger partial charge in [0.25, 0.3) is 0 Å². The Balaban J connectivity index is 2.31. The van der Waals surface area contributed by atoms with Crippen molar-refractivity contribution < 1.29 is 23.9 Å². The first-order chi connectivity index (χ1) is 22.4. The maximum Gasteiger partial charge on any atom is 0.341 e. The fourth-order valence-corrected chi connectivity index (χ4v) is 4.49. The third-order valence-electron chi connectivity index (χ3n) is 6.78. The number of ketones is 1. The molecule has 0 heterocycles. The highest BCUT2D eigenvalue weighted by molar-refractivity contribution is 5.94.